The van der Waals surface area contributed by atoms with Crippen LogP contribution in [0.4, 0.5) is 0 Å². The molecule has 1 aromatic carbocycles. The molecule has 0 aromatic heterocycles. The van der Waals surface area contributed by atoms with Gasteiger partial charge in [-0.2, -0.15) is 0 Å². The summed E-state index contributed by atoms with van der Waals surface area (Å²) in [5, 5.41) is 13.3. The highest BCUT2D eigenvalue weighted by Gasteiger charge is 2.53. The number of hydrogen-bond acceptors (Lipinski definition) is 3. The van der Waals surface area contributed by atoms with Gasteiger partial charge in [0.2, 0.25) is 0 Å². The van der Waals surface area contributed by atoms with Gasteiger partial charge in [0.05, 0.1) is 7.11 Å². The molecule has 2 saturated carbocycles. The minimum Gasteiger partial charge on any atom is -0.504 e. The SMILES string of the molecule is COc1cc(C(C)NCC2(C3CC3)CC2)ccc1O. The molecule has 2 N–H and O–H groups in total. The highest BCUT2D eigenvalue weighted by molar-refractivity contribution is 5.42. The average molecular weight is 261 g/mol. The van der Waals surface area contributed by atoms with Crippen molar-refractivity contribution in [3.63, 3.8) is 0 Å². The fourth-order valence-corrected chi connectivity index (χ4v) is 3.02. The highest BCUT2D eigenvalue weighted by atomic mass is 16.5. The zero-order valence-corrected chi connectivity index (χ0v) is 11.8. The van der Waals surface area contributed by atoms with E-state index in [2.05, 4.69) is 12.2 Å². The number of phenols is 1. The van der Waals surface area contributed by atoms with Crippen LogP contribution in [0.5, 0.6) is 11.5 Å². The van der Waals surface area contributed by atoms with Crippen LogP contribution in [0, 0.1) is 11.3 Å². The first kappa shape index (κ1) is 12.8. The molecular formula is C16H23NO2. The van der Waals surface area contributed by atoms with Gasteiger partial charge >= 0.3 is 0 Å². The monoisotopic (exact) mass is 261 g/mol. The van der Waals surface area contributed by atoms with Gasteiger partial charge in [-0.15, -0.1) is 0 Å². The summed E-state index contributed by atoms with van der Waals surface area (Å²) in [6.45, 7) is 3.30. The van der Waals surface area contributed by atoms with Crippen LogP contribution in [0.1, 0.15) is 44.2 Å². The molecule has 0 heterocycles. The molecule has 3 heteroatoms. The van der Waals surface area contributed by atoms with Crippen LogP contribution in [0.3, 0.4) is 0 Å². The van der Waals surface area contributed by atoms with Crippen LogP contribution in [-0.4, -0.2) is 18.8 Å². The molecule has 0 aliphatic heterocycles. The fourth-order valence-electron chi connectivity index (χ4n) is 3.02. The minimum absolute atomic E-state index is 0.204. The van der Waals surface area contributed by atoms with Gasteiger partial charge in [-0.05, 0) is 61.6 Å². The van der Waals surface area contributed by atoms with Crippen molar-refractivity contribution in [2.45, 2.75) is 38.6 Å². The molecule has 1 atom stereocenters. The fraction of sp³-hybridized carbons (Fsp3) is 0.625. The Bertz CT molecular complexity index is 464. The van der Waals surface area contributed by atoms with E-state index in [0.29, 0.717) is 17.2 Å². The second kappa shape index (κ2) is 4.71. The van der Waals surface area contributed by atoms with Gasteiger partial charge in [-0.25, -0.2) is 0 Å². The topological polar surface area (TPSA) is 41.5 Å². The standard InChI is InChI=1S/C16H23NO2/c1-11(12-3-6-14(18)15(9-12)19-2)17-10-16(7-8-16)13-4-5-13/h3,6,9,11,13,17-18H,4-5,7-8,10H2,1-2H3. The highest BCUT2D eigenvalue weighted by Crippen LogP contribution is 2.60. The summed E-state index contributed by atoms with van der Waals surface area (Å²) < 4.78 is 5.16. The van der Waals surface area contributed by atoms with Crippen LogP contribution < -0.4 is 10.1 Å². The molecule has 19 heavy (non-hydrogen) atoms. The Kier molecular flexibility index (Phi) is 3.17. The molecule has 3 rings (SSSR count). The van der Waals surface area contributed by atoms with E-state index < -0.39 is 0 Å². The van der Waals surface area contributed by atoms with Gasteiger partial charge in [-0.3, -0.25) is 0 Å². The van der Waals surface area contributed by atoms with Crippen molar-refractivity contribution in [2.24, 2.45) is 11.3 Å². The molecule has 0 bridgehead atoms. The Labute approximate surface area is 115 Å². The quantitative estimate of drug-likeness (QED) is 0.826. The predicted molar refractivity (Wildman–Crippen MR) is 75.5 cm³/mol. The number of phenolic OH excluding ortho intramolecular Hbond substituents is 1. The first-order valence-corrected chi connectivity index (χ1v) is 7.25. The summed E-state index contributed by atoms with van der Waals surface area (Å²) in [7, 11) is 1.59. The number of nitrogens with one attached hydrogen (secondary N) is 1. The van der Waals surface area contributed by atoms with E-state index in [1.807, 2.05) is 12.1 Å². The lowest BCUT2D eigenvalue weighted by Gasteiger charge is -2.20. The van der Waals surface area contributed by atoms with Crippen LogP contribution in [0.15, 0.2) is 18.2 Å². The molecular weight excluding hydrogens is 238 g/mol. The van der Waals surface area contributed by atoms with Crippen molar-refractivity contribution in [1.29, 1.82) is 0 Å². The van der Waals surface area contributed by atoms with Crippen molar-refractivity contribution >= 4 is 0 Å². The van der Waals surface area contributed by atoms with Gasteiger partial charge in [0.1, 0.15) is 0 Å². The lowest BCUT2D eigenvalue weighted by Crippen LogP contribution is -2.28. The minimum atomic E-state index is 0.204. The summed E-state index contributed by atoms with van der Waals surface area (Å²) in [5.41, 5.74) is 1.79. The predicted octanol–water partition coefficient (Wildman–Crippen LogP) is 3.24. The van der Waals surface area contributed by atoms with E-state index in [1.165, 1.54) is 31.2 Å². The number of hydrogen-bond donors (Lipinski definition) is 2. The Balaban J connectivity index is 1.62. The van der Waals surface area contributed by atoms with Gasteiger partial charge in [0.15, 0.2) is 11.5 Å². The molecule has 0 saturated heterocycles. The molecule has 2 fully saturated rings. The van der Waals surface area contributed by atoms with E-state index in [4.69, 9.17) is 4.74 Å². The third-order valence-corrected chi connectivity index (χ3v) is 4.80. The number of ether oxygens (including phenoxy) is 1. The van der Waals surface area contributed by atoms with Crippen molar-refractivity contribution in [3.8, 4) is 11.5 Å². The summed E-state index contributed by atoms with van der Waals surface area (Å²) >= 11 is 0. The van der Waals surface area contributed by atoms with Crippen molar-refractivity contribution in [1.82, 2.24) is 5.32 Å². The van der Waals surface area contributed by atoms with E-state index >= 15 is 0 Å². The molecule has 1 unspecified atom stereocenters. The van der Waals surface area contributed by atoms with Gasteiger partial charge in [0, 0.05) is 12.6 Å². The number of methoxy groups -OCH3 is 1. The number of benzene rings is 1. The van der Waals surface area contributed by atoms with Crippen molar-refractivity contribution in [3.05, 3.63) is 23.8 Å². The van der Waals surface area contributed by atoms with Crippen molar-refractivity contribution < 1.29 is 9.84 Å². The Hall–Kier alpha value is -1.22. The number of aromatic hydroxyl groups is 1. The molecule has 1 aromatic rings. The molecule has 2 aliphatic carbocycles. The van der Waals surface area contributed by atoms with Crippen molar-refractivity contribution in [2.75, 3.05) is 13.7 Å². The lowest BCUT2D eigenvalue weighted by molar-refractivity contribution is 0.368. The van der Waals surface area contributed by atoms with Crippen LogP contribution in [0.25, 0.3) is 0 Å². The van der Waals surface area contributed by atoms with E-state index in [-0.39, 0.29) is 5.75 Å². The summed E-state index contributed by atoms with van der Waals surface area (Å²) in [4.78, 5) is 0. The van der Waals surface area contributed by atoms with Crippen LogP contribution >= 0.6 is 0 Å². The maximum absolute atomic E-state index is 9.62. The van der Waals surface area contributed by atoms with Gasteiger partial charge in [0.25, 0.3) is 0 Å². The summed E-state index contributed by atoms with van der Waals surface area (Å²) in [6, 6.07) is 5.89. The van der Waals surface area contributed by atoms with Gasteiger partial charge < -0.3 is 15.2 Å². The van der Waals surface area contributed by atoms with Gasteiger partial charge in [-0.1, -0.05) is 6.07 Å². The molecule has 0 amide bonds. The van der Waals surface area contributed by atoms with E-state index in [9.17, 15) is 5.11 Å². The zero-order chi connectivity index (χ0) is 13.5. The van der Waals surface area contributed by atoms with Crippen LogP contribution in [-0.2, 0) is 0 Å². The molecule has 3 nitrogen and oxygen atoms in total. The third kappa shape index (κ3) is 2.57. The van der Waals surface area contributed by atoms with E-state index in [1.54, 1.807) is 13.2 Å². The smallest absolute Gasteiger partial charge is 0.160 e. The average Bonchev–Trinajstić information content (AvgIpc) is 3.28. The molecule has 0 spiro atoms. The Morgan fingerprint density at radius 3 is 2.74 bits per heavy atom. The number of rotatable bonds is 6. The first-order valence-electron chi connectivity index (χ1n) is 7.25. The normalized spacial score (nSPS) is 22.0. The Morgan fingerprint density at radius 2 is 2.16 bits per heavy atom. The molecule has 104 valence electrons. The maximum Gasteiger partial charge on any atom is 0.160 e. The largest absolute Gasteiger partial charge is 0.504 e. The van der Waals surface area contributed by atoms with Crippen LogP contribution in [0.2, 0.25) is 0 Å². The maximum atomic E-state index is 9.62. The summed E-state index contributed by atoms with van der Waals surface area (Å²) in [5.74, 6) is 1.74. The van der Waals surface area contributed by atoms with E-state index in [0.717, 1.165) is 12.5 Å². The molecule has 2 aliphatic rings. The third-order valence-electron chi connectivity index (χ3n) is 4.80. The second-order valence-corrected chi connectivity index (χ2v) is 6.17. The summed E-state index contributed by atoms with van der Waals surface area (Å²) in [6.07, 6.45) is 5.67. The Morgan fingerprint density at radius 1 is 1.42 bits per heavy atom. The lowest BCUT2D eigenvalue weighted by atomic mass is 9.99. The second-order valence-electron chi connectivity index (χ2n) is 6.17. The molecule has 0 radical (unpaired) electrons. The first-order chi connectivity index (χ1) is 9.14. The zero-order valence-electron chi connectivity index (χ0n) is 11.8.